The number of ether oxygens (including phenoxy) is 1. The quantitative estimate of drug-likeness (QED) is 0.741. The standard InChI is InChI=1S/C17H25N3O3.ClH/c1-2-9-20(14-6-8-19-12-14)16(21)7-10-23-15-5-3-4-13(11-15)17(18)22;/h3-5,11,14,19H,2,6-10,12H2,1H3,(H2,18,22);1H. The van der Waals surface area contributed by atoms with E-state index in [4.69, 9.17) is 10.5 Å². The van der Waals surface area contributed by atoms with Gasteiger partial charge in [-0.2, -0.15) is 0 Å². The third-order valence-electron chi connectivity index (χ3n) is 3.96. The largest absolute Gasteiger partial charge is 0.493 e. The zero-order chi connectivity index (χ0) is 16.7. The van der Waals surface area contributed by atoms with Crippen LogP contribution in [0.3, 0.4) is 0 Å². The fourth-order valence-electron chi connectivity index (χ4n) is 2.80. The molecule has 3 N–H and O–H groups in total. The summed E-state index contributed by atoms with van der Waals surface area (Å²) in [5.74, 6) is 0.180. The molecule has 7 heteroatoms. The van der Waals surface area contributed by atoms with Gasteiger partial charge in [0.05, 0.1) is 13.0 Å². The molecule has 0 spiro atoms. The van der Waals surface area contributed by atoms with E-state index in [0.717, 1.165) is 32.5 Å². The average molecular weight is 356 g/mol. The highest BCUT2D eigenvalue weighted by Crippen LogP contribution is 2.14. The van der Waals surface area contributed by atoms with E-state index in [9.17, 15) is 9.59 Å². The van der Waals surface area contributed by atoms with Crippen molar-refractivity contribution in [1.29, 1.82) is 0 Å². The topological polar surface area (TPSA) is 84.7 Å². The van der Waals surface area contributed by atoms with Crippen LogP contribution in [0.2, 0.25) is 0 Å². The lowest BCUT2D eigenvalue weighted by Crippen LogP contribution is -2.42. The van der Waals surface area contributed by atoms with Crippen LogP contribution < -0.4 is 15.8 Å². The third-order valence-corrected chi connectivity index (χ3v) is 3.96. The van der Waals surface area contributed by atoms with Crippen molar-refractivity contribution in [3.8, 4) is 5.75 Å². The summed E-state index contributed by atoms with van der Waals surface area (Å²) in [7, 11) is 0. The lowest BCUT2D eigenvalue weighted by atomic mass is 10.2. The average Bonchev–Trinajstić information content (AvgIpc) is 3.06. The lowest BCUT2D eigenvalue weighted by molar-refractivity contribution is -0.133. The predicted molar refractivity (Wildman–Crippen MR) is 95.6 cm³/mol. The van der Waals surface area contributed by atoms with Gasteiger partial charge in [0, 0.05) is 24.7 Å². The number of benzene rings is 1. The van der Waals surface area contributed by atoms with Crippen LogP contribution in [0, 0.1) is 0 Å². The number of nitrogens with zero attached hydrogens (tertiary/aromatic N) is 1. The Labute approximate surface area is 149 Å². The summed E-state index contributed by atoms with van der Waals surface area (Å²) in [4.78, 5) is 25.5. The van der Waals surface area contributed by atoms with Gasteiger partial charge in [-0.3, -0.25) is 9.59 Å². The van der Waals surface area contributed by atoms with Crippen LogP contribution in [0.1, 0.15) is 36.5 Å². The third kappa shape index (κ3) is 5.69. The first-order chi connectivity index (χ1) is 11.1. The van der Waals surface area contributed by atoms with E-state index in [0.29, 0.717) is 30.4 Å². The number of hydrogen-bond donors (Lipinski definition) is 2. The van der Waals surface area contributed by atoms with Crippen molar-refractivity contribution in [2.75, 3.05) is 26.2 Å². The molecular formula is C17H26ClN3O3. The molecule has 0 aliphatic carbocycles. The Kier molecular flexibility index (Phi) is 8.57. The molecular weight excluding hydrogens is 330 g/mol. The molecule has 0 radical (unpaired) electrons. The molecule has 1 saturated heterocycles. The van der Waals surface area contributed by atoms with E-state index in [2.05, 4.69) is 12.2 Å². The molecule has 2 amide bonds. The zero-order valence-corrected chi connectivity index (χ0v) is 14.8. The summed E-state index contributed by atoms with van der Waals surface area (Å²) in [6.07, 6.45) is 2.29. The van der Waals surface area contributed by atoms with E-state index in [1.54, 1.807) is 24.3 Å². The second-order valence-corrected chi connectivity index (χ2v) is 5.72. The Morgan fingerprint density at radius 3 is 2.83 bits per heavy atom. The second-order valence-electron chi connectivity index (χ2n) is 5.72. The van der Waals surface area contributed by atoms with Gasteiger partial charge in [-0.25, -0.2) is 0 Å². The number of nitrogens with one attached hydrogen (secondary N) is 1. The fourth-order valence-corrected chi connectivity index (χ4v) is 2.80. The highest BCUT2D eigenvalue weighted by atomic mass is 35.5. The van der Waals surface area contributed by atoms with Crippen molar-refractivity contribution < 1.29 is 14.3 Å². The van der Waals surface area contributed by atoms with Crippen LogP contribution in [-0.4, -0.2) is 49.0 Å². The number of carbonyl (C=O) groups excluding carboxylic acids is 2. The molecule has 2 rings (SSSR count). The van der Waals surface area contributed by atoms with Crippen molar-refractivity contribution in [3.05, 3.63) is 29.8 Å². The molecule has 1 fully saturated rings. The first kappa shape index (κ1) is 20.3. The van der Waals surface area contributed by atoms with Gasteiger partial charge in [0.2, 0.25) is 11.8 Å². The molecule has 0 bridgehead atoms. The normalized spacial score (nSPS) is 16.3. The number of primary amides is 1. The molecule has 1 atom stereocenters. The number of hydrogen-bond acceptors (Lipinski definition) is 4. The second kappa shape index (κ2) is 10.2. The van der Waals surface area contributed by atoms with Gasteiger partial charge in [-0.05, 0) is 37.6 Å². The van der Waals surface area contributed by atoms with Crippen LogP contribution in [-0.2, 0) is 4.79 Å². The molecule has 1 aliphatic heterocycles. The number of carbonyl (C=O) groups is 2. The monoisotopic (exact) mass is 355 g/mol. The summed E-state index contributed by atoms with van der Waals surface area (Å²) in [6, 6.07) is 6.99. The minimum atomic E-state index is -0.491. The molecule has 1 aliphatic rings. The number of halogens is 1. The summed E-state index contributed by atoms with van der Waals surface area (Å²) in [5.41, 5.74) is 5.64. The predicted octanol–water partition coefficient (Wildman–Crippen LogP) is 1.58. The Balaban J connectivity index is 0.00000288. The molecule has 0 saturated carbocycles. The molecule has 24 heavy (non-hydrogen) atoms. The SMILES string of the molecule is CCCN(C(=O)CCOc1cccc(C(N)=O)c1)C1CCNC1.Cl. The zero-order valence-electron chi connectivity index (χ0n) is 14.0. The van der Waals surface area contributed by atoms with Crippen LogP contribution >= 0.6 is 12.4 Å². The van der Waals surface area contributed by atoms with E-state index in [1.807, 2.05) is 4.90 Å². The summed E-state index contributed by atoms with van der Waals surface area (Å²) < 4.78 is 5.59. The maximum absolute atomic E-state index is 12.4. The Hall–Kier alpha value is -1.79. The summed E-state index contributed by atoms with van der Waals surface area (Å²) >= 11 is 0. The highest BCUT2D eigenvalue weighted by Gasteiger charge is 2.25. The Morgan fingerprint density at radius 2 is 2.21 bits per heavy atom. The van der Waals surface area contributed by atoms with Crippen molar-refractivity contribution in [2.45, 2.75) is 32.2 Å². The molecule has 1 heterocycles. The van der Waals surface area contributed by atoms with E-state index < -0.39 is 5.91 Å². The van der Waals surface area contributed by atoms with Crippen LogP contribution in [0.5, 0.6) is 5.75 Å². The maximum atomic E-state index is 12.4. The van der Waals surface area contributed by atoms with Crippen molar-refractivity contribution in [1.82, 2.24) is 10.2 Å². The van der Waals surface area contributed by atoms with Crippen molar-refractivity contribution in [3.63, 3.8) is 0 Å². The van der Waals surface area contributed by atoms with Gasteiger partial charge in [0.25, 0.3) is 0 Å². The van der Waals surface area contributed by atoms with Crippen LogP contribution in [0.25, 0.3) is 0 Å². The number of rotatable bonds is 8. The van der Waals surface area contributed by atoms with E-state index in [-0.39, 0.29) is 18.3 Å². The van der Waals surface area contributed by atoms with Gasteiger partial charge >= 0.3 is 0 Å². The summed E-state index contributed by atoms with van der Waals surface area (Å²) in [6.45, 7) is 4.99. The summed E-state index contributed by atoms with van der Waals surface area (Å²) in [5, 5.41) is 3.30. The molecule has 1 aromatic carbocycles. The lowest BCUT2D eigenvalue weighted by Gasteiger charge is -2.28. The van der Waals surface area contributed by atoms with Crippen LogP contribution in [0.4, 0.5) is 0 Å². The van der Waals surface area contributed by atoms with Gasteiger partial charge < -0.3 is 20.7 Å². The van der Waals surface area contributed by atoms with Gasteiger partial charge in [0.1, 0.15) is 5.75 Å². The van der Waals surface area contributed by atoms with Gasteiger partial charge in [0.15, 0.2) is 0 Å². The Morgan fingerprint density at radius 1 is 1.42 bits per heavy atom. The van der Waals surface area contributed by atoms with Crippen molar-refractivity contribution in [2.24, 2.45) is 5.73 Å². The maximum Gasteiger partial charge on any atom is 0.248 e. The highest BCUT2D eigenvalue weighted by molar-refractivity contribution is 5.93. The number of nitrogens with two attached hydrogens (primary N) is 1. The fraction of sp³-hybridized carbons (Fsp3) is 0.529. The van der Waals surface area contributed by atoms with Crippen LogP contribution in [0.15, 0.2) is 24.3 Å². The molecule has 6 nitrogen and oxygen atoms in total. The molecule has 0 aromatic heterocycles. The minimum Gasteiger partial charge on any atom is -0.493 e. The first-order valence-corrected chi connectivity index (χ1v) is 8.14. The molecule has 134 valence electrons. The van der Waals surface area contributed by atoms with E-state index in [1.165, 1.54) is 0 Å². The number of amides is 2. The minimum absolute atomic E-state index is 0. The first-order valence-electron chi connectivity index (χ1n) is 8.14. The van der Waals surface area contributed by atoms with Gasteiger partial charge in [-0.1, -0.05) is 13.0 Å². The van der Waals surface area contributed by atoms with Crippen molar-refractivity contribution >= 4 is 24.2 Å². The Bertz CT molecular complexity index is 548. The molecule has 1 aromatic rings. The van der Waals surface area contributed by atoms with E-state index >= 15 is 0 Å². The van der Waals surface area contributed by atoms with Gasteiger partial charge in [-0.15, -0.1) is 12.4 Å². The smallest absolute Gasteiger partial charge is 0.248 e. The molecule has 1 unspecified atom stereocenters.